The number of carbonyl (C=O) groups is 1. The van der Waals surface area contributed by atoms with Crippen molar-refractivity contribution in [3.8, 4) is 0 Å². The van der Waals surface area contributed by atoms with Crippen LogP contribution in [-0.4, -0.2) is 50.2 Å². The Bertz CT molecular complexity index is 311. The number of piperidine rings is 1. The molecule has 0 spiro atoms. The number of amides is 1. The molecule has 0 aromatic carbocycles. The zero-order valence-corrected chi connectivity index (χ0v) is 10.6. The number of nitrogens with zero attached hydrogens (tertiary/aromatic N) is 1. The Balaban J connectivity index is 1.73. The van der Waals surface area contributed by atoms with Crippen molar-refractivity contribution < 1.29 is 9.53 Å². The number of carbonyl (C=O) groups excluding carboxylic acids is 1. The molecule has 17 heavy (non-hydrogen) atoms. The lowest BCUT2D eigenvalue weighted by Crippen LogP contribution is -2.50. The highest BCUT2D eigenvalue weighted by Crippen LogP contribution is 2.48. The molecule has 4 fully saturated rings. The molecule has 1 amide bonds. The van der Waals surface area contributed by atoms with E-state index in [-0.39, 0.29) is 5.41 Å². The van der Waals surface area contributed by atoms with E-state index in [0.717, 1.165) is 32.5 Å². The highest BCUT2D eigenvalue weighted by atomic mass is 16.5. The van der Waals surface area contributed by atoms with E-state index in [4.69, 9.17) is 4.74 Å². The highest BCUT2D eigenvalue weighted by Gasteiger charge is 2.53. The van der Waals surface area contributed by atoms with Crippen molar-refractivity contribution >= 4 is 5.91 Å². The van der Waals surface area contributed by atoms with E-state index in [1.54, 1.807) is 7.11 Å². The van der Waals surface area contributed by atoms with Crippen molar-refractivity contribution in [2.45, 2.75) is 31.7 Å². The van der Waals surface area contributed by atoms with Crippen LogP contribution in [0.25, 0.3) is 0 Å². The maximum Gasteiger partial charge on any atom is 0.231 e. The normalized spacial score (nSPS) is 34.5. The Labute approximate surface area is 103 Å². The summed E-state index contributed by atoms with van der Waals surface area (Å²) < 4.78 is 5.23. The molecule has 0 aromatic heterocycles. The fraction of sp³-hybridized carbons (Fsp3) is 0.923. The summed E-state index contributed by atoms with van der Waals surface area (Å²) in [7, 11) is 1.70. The maximum absolute atomic E-state index is 12.6. The minimum Gasteiger partial charge on any atom is -0.384 e. The van der Waals surface area contributed by atoms with Crippen molar-refractivity contribution in [1.82, 2.24) is 10.2 Å². The number of rotatable bonds is 3. The Morgan fingerprint density at radius 2 is 2.24 bits per heavy atom. The van der Waals surface area contributed by atoms with Gasteiger partial charge in [0, 0.05) is 26.2 Å². The number of methoxy groups -OCH3 is 1. The second-order valence-electron chi connectivity index (χ2n) is 5.93. The fourth-order valence-electron chi connectivity index (χ4n) is 3.34. The second kappa shape index (κ2) is 4.25. The third-order valence-corrected chi connectivity index (χ3v) is 4.61. The van der Waals surface area contributed by atoms with Gasteiger partial charge in [-0.3, -0.25) is 4.79 Å². The first kappa shape index (κ1) is 11.5. The van der Waals surface area contributed by atoms with Crippen LogP contribution in [0, 0.1) is 11.3 Å². The third-order valence-electron chi connectivity index (χ3n) is 4.61. The molecule has 4 heteroatoms. The first-order valence-electron chi connectivity index (χ1n) is 6.76. The SMILES string of the molecule is COCC1(C(=O)N2C[C@@H]3CC[C@H]2CNC3)CC1. The summed E-state index contributed by atoms with van der Waals surface area (Å²) in [5.41, 5.74) is -0.154. The molecule has 4 nitrogen and oxygen atoms in total. The van der Waals surface area contributed by atoms with E-state index in [9.17, 15) is 4.79 Å². The molecule has 2 atom stereocenters. The van der Waals surface area contributed by atoms with Crippen LogP contribution in [0.2, 0.25) is 0 Å². The van der Waals surface area contributed by atoms with Gasteiger partial charge in [0.05, 0.1) is 12.0 Å². The van der Waals surface area contributed by atoms with Gasteiger partial charge in [0.1, 0.15) is 0 Å². The van der Waals surface area contributed by atoms with E-state index in [0.29, 0.717) is 24.5 Å². The molecule has 1 N–H and O–H groups in total. The fourth-order valence-corrected chi connectivity index (χ4v) is 3.34. The molecule has 3 heterocycles. The van der Waals surface area contributed by atoms with Crippen molar-refractivity contribution in [3.05, 3.63) is 0 Å². The molecule has 0 unspecified atom stereocenters. The molecule has 0 radical (unpaired) electrons. The smallest absolute Gasteiger partial charge is 0.231 e. The maximum atomic E-state index is 12.6. The molecular formula is C13H22N2O2. The molecular weight excluding hydrogens is 216 g/mol. The Morgan fingerprint density at radius 3 is 2.94 bits per heavy atom. The lowest BCUT2D eigenvalue weighted by atomic mass is 9.93. The van der Waals surface area contributed by atoms with E-state index >= 15 is 0 Å². The number of hydrogen-bond acceptors (Lipinski definition) is 3. The highest BCUT2D eigenvalue weighted by molar-refractivity contribution is 5.86. The van der Waals surface area contributed by atoms with Gasteiger partial charge in [-0.15, -0.1) is 0 Å². The van der Waals surface area contributed by atoms with Gasteiger partial charge in [0.25, 0.3) is 0 Å². The Kier molecular flexibility index (Phi) is 2.87. The molecule has 3 aliphatic heterocycles. The van der Waals surface area contributed by atoms with Crippen LogP contribution in [0.1, 0.15) is 25.7 Å². The van der Waals surface area contributed by atoms with Crippen molar-refractivity contribution in [2.75, 3.05) is 33.4 Å². The van der Waals surface area contributed by atoms with Gasteiger partial charge >= 0.3 is 0 Å². The summed E-state index contributed by atoms with van der Waals surface area (Å²) in [5, 5.41) is 3.47. The zero-order chi connectivity index (χ0) is 11.9. The monoisotopic (exact) mass is 238 g/mol. The van der Waals surface area contributed by atoms with Crippen LogP contribution in [0.3, 0.4) is 0 Å². The summed E-state index contributed by atoms with van der Waals surface area (Å²) in [6, 6.07) is 0.426. The van der Waals surface area contributed by atoms with E-state index in [2.05, 4.69) is 10.2 Å². The molecule has 1 saturated carbocycles. The number of nitrogens with one attached hydrogen (secondary N) is 1. The van der Waals surface area contributed by atoms with Crippen LogP contribution in [0.5, 0.6) is 0 Å². The van der Waals surface area contributed by atoms with Crippen molar-refractivity contribution in [2.24, 2.45) is 11.3 Å². The lowest BCUT2D eigenvalue weighted by Gasteiger charge is -2.38. The summed E-state index contributed by atoms with van der Waals surface area (Å²) >= 11 is 0. The van der Waals surface area contributed by atoms with Gasteiger partial charge in [0.15, 0.2) is 0 Å². The van der Waals surface area contributed by atoms with Crippen molar-refractivity contribution in [1.29, 1.82) is 0 Å². The first-order valence-corrected chi connectivity index (χ1v) is 6.76. The average molecular weight is 238 g/mol. The Hall–Kier alpha value is -0.610. The predicted octanol–water partition coefficient (Wildman–Crippen LogP) is 0.623. The standard InChI is InChI=1S/C13H22N2O2/c1-17-9-13(4-5-13)12(16)15-8-10-2-3-11(15)7-14-6-10/h10-11,14H,2-9H2,1H3/t10-,11+/m1/s1. The average Bonchev–Trinajstić information content (AvgIpc) is 3.13. The molecule has 1 aliphatic carbocycles. The van der Waals surface area contributed by atoms with Gasteiger partial charge in [-0.2, -0.15) is 0 Å². The largest absolute Gasteiger partial charge is 0.384 e. The number of fused-ring (bicyclic) bond motifs is 4. The molecule has 0 aromatic rings. The summed E-state index contributed by atoms with van der Waals surface area (Å²) in [6.07, 6.45) is 4.48. The minimum atomic E-state index is -0.154. The van der Waals surface area contributed by atoms with E-state index in [1.807, 2.05) is 0 Å². The lowest BCUT2D eigenvalue weighted by molar-refractivity contribution is -0.143. The molecule has 2 bridgehead atoms. The van der Waals surface area contributed by atoms with E-state index in [1.165, 1.54) is 12.8 Å². The van der Waals surface area contributed by atoms with Gasteiger partial charge in [-0.25, -0.2) is 0 Å². The van der Waals surface area contributed by atoms with Crippen molar-refractivity contribution in [3.63, 3.8) is 0 Å². The topological polar surface area (TPSA) is 41.6 Å². The van der Waals surface area contributed by atoms with Crippen LogP contribution in [0.4, 0.5) is 0 Å². The van der Waals surface area contributed by atoms with Gasteiger partial charge < -0.3 is 15.0 Å². The zero-order valence-electron chi connectivity index (χ0n) is 10.6. The number of hydrogen-bond donors (Lipinski definition) is 1. The summed E-state index contributed by atoms with van der Waals surface area (Å²) in [6.45, 7) is 3.62. The molecule has 3 saturated heterocycles. The van der Waals surface area contributed by atoms with Crippen LogP contribution in [-0.2, 0) is 9.53 Å². The number of ether oxygens (including phenoxy) is 1. The predicted molar refractivity (Wildman–Crippen MR) is 64.6 cm³/mol. The van der Waals surface area contributed by atoms with Gasteiger partial charge in [-0.05, 0) is 38.1 Å². The van der Waals surface area contributed by atoms with Crippen LogP contribution < -0.4 is 5.32 Å². The van der Waals surface area contributed by atoms with Crippen LogP contribution in [0.15, 0.2) is 0 Å². The van der Waals surface area contributed by atoms with E-state index < -0.39 is 0 Å². The third kappa shape index (κ3) is 1.97. The van der Waals surface area contributed by atoms with Gasteiger partial charge in [-0.1, -0.05) is 0 Å². The molecule has 4 rings (SSSR count). The summed E-state index contributed by atoms with van der Waals surface area (Å²) in [4.78, 5) is 14.8. The first-order chi connectivity index (χ1) is 8.25. The molecule has 96 valence electrons. The second-order valence-corrected chi connectivity index (χ2v) is 5.93. The quantitative estimate of drug-likeness (QED) is 0.784. The van der Waals surface area contributed by atoms with Gasteiger partial charge in [0.2, 0.25) is 5.91 Å². The minimum absolute atomic E-state index is 0.154. The Morgan fingerprint density at radius 1 is 1.41 bits per heavy atom. The molecule has 4 aliphatic rings. The van der Waals surface area contributed by atoms with Crippen LogP contribution >= 0.6 is 0 Å². The summed E-state index contributed by atoms with van der Waals surface area (Å²) in [5.74, 6) is 1.02.